The molecule has 0 spiro atoms. The minimum absolute atomic E-state index is 0.0316. The first kappa shape index (κ1) is 28.5. The Bertz CT molecular complexity index is 1730. The molecule has 42 heavy (non-hydrogen) atoms. The molecule has 11 N–H and O–H groups in total. The first-order valence-corrected chi connectivity index (χ1v) is 13.8. The Hall–Kier alpha value is -3.63. The number of aliphatic hydroxyl groups is 3. The number of hydrogen-bond donors (Lipinski definition) is 8. The minimum Gasteiger partial charge on any atom is -0.394 e. The molecule has 0 radical (unpaired) electrons. The summed E-state index contributed by atoms with van der Waals surface area (Å²) in [6, 6.07) is -1.15. The van der Waals surface area contributed by atoms with Crippen LogP contribution in [0, 0.1) is 0 Å². The minimum atomic E-state index is -4.98. The molecule has 0 bridgehead atoms. The normalized spacial score (nSPS) is 31.3. The van der Waals surface area contributed by atoms with Gasteiger partial charge in [-0.15, -0.1) is 0 Å². The number of nitrogens with two attached hydrogens (primary N) is 3. The van der Waals surface area contributed by atoms with Gasteiger partial charge in [-0.2, -0.15) is 4.98 Å². The molecule has 9 atom stereocenters. The molecule has 0 saturated carbocycles. The number of aliphatic hydroxyl groups excluding tert-OH is 3. The van der Waals surface area contributed by atoms with Gasteiger partial charge in [-0.05, 0) is 0 Å². The lowest BCUT2D eigenvalue weighted by atomic mass is 10.1. The number of phosphoric acid groups is 1. The number of aromatic amines is 1. The Morgan fingerprint density at radius 1 is 1.00 bits per heavy atom. The fourth-order valence-corrected chi connectivity index (χ4v) is 5.84. The Morgan fingerprint density at radius 3 is 2.43 bits per heavy atom. The van der Waals surface area contributed by atoms with Gasteiger partial charge in [0.25, 0.3) is 5.56 Å². The number of nitrogen functional groups attached to an aromatic ring is 2. The highest BCUT2D eigenvalue weighted by Gasteiger charge is 2.50. The molecule has 3 unspecified atom stereocenters. The molecular formula is C20H26N11O10P. The number of imidazole rings is 2. The first-order valence-electron chi connectivity index (χ1n) is 12.3. The fraction of sp³-hybridized carbons (Fsp3) is 0.500. The fourth-order valence-electron chi connectivity index (χ4n) is 4.89. The average molecular weight is 611 g/mol. The standard InChI is InChI=1S/C20H26N11O10P/c21-8-6(1-32)39-19(31-5-27-10-16(31)28-20(23)29-17(10)35)13(8)41-42(36,37)38-2-7-11(33)12(34)18(40-7)30-4-26-9-14(22)24-3-25-15(9)30/h3-8,11-13,18-19,32-34H,1-2,21H2,(H,36,37)(H2,22,24,25)(H3,23,28,29,35)/t6?,7?,8-,11-,12-,13-,18-,19-/m1/s1. The molecule has 4 aromatic heterocycles. The predicted octanol–water partition coefficient (Wildman–Crippen LogP) is -3.54. The molecule has 0 amide bonds. The molecule has 6 rings (SSSR count). The third-order valence-corrected chi connectivity index (χ3v) is 7.95. The largest absolute Gasteiger partial charge is 0.472 e. The molecule has 0 aliphatic carbocycles. The first-order chi connectivity index (χ1) is 20.0. The van der Waals surface area contributed by atoms with Crippen molar-refractivity contribution in [3.8, 4) is 0 Å². The van der Waals surface area contributed by atoms with Crippen molar-refractivity contribution in [3.05, 3.63) is 29.3 Å². The number of nitrogens with zero attached hydrogens (tertiary/aromatic N) is 7. The zero-order chi connectivity index (χ0) is 29.9. The molecule has 0 aromatic carbocycles. The van der Waals surface area contributed by atoms with Gasteiger partial charge in [0.2, 0.25) is 5.95 Å². The van der Waals surface area contributed by atoms with E-state index in [1.807, 2.05) is 0 Å². The summed E-state index contributed by atoms with van der Waals surface area (Å²) in [5, 5.41) is 30.9. The van der Waals surface area contributed by atoms with Gasteiger partial charge in [-0.25, -0.2) is 24.5 Å². The molecule has 6 heterocycles. The number of phosphoric ester groups is 1. The highest BCUT2D eigenvalue weighted by molar-refractivity contribution is 7.47. The second kappa shape index (κ2) is 10.6. The maximum Gasteiger partial charge on any atom is 0.472 e. The molecule has 21 nitrogen and oxygen atoms in total. The summed E-state index contributed by atoms with van der Waals surface area (Å²) in [6.07, 6.45) is -5.66. The molecule has 2 fully saturated rings. The lowest BCUT2D eigenvalue weighted by molar-refractivity contribution is -0.0615. The molecule has 226 valence electrons. The summed E-state index contributed by atoms with van der Waals surface area (Å²) in [5.74, 6) is -0.130. The van der Waals surface area contributed by atoms with Crippen molar-refractivity contribution in [1.29, 1.82) is 0 Å². The Kier molecular flexibility index (Phi) is 7.17. The van der Waals surface area contributed by atoms with Gasteiger partial charge in [0.1, 0.15) is 42.4 Å². The van der Waals surface area contributed by atoms with Crippen LogP contribution < -0.4 is 22.8 Å². The van der Waals surface area contributed by atoms with E-state index in [4.69, 9.17) is 35.7 Å². The van der Waals surface area contributed by atoms with Gasteiger partial charge in [-0.3, -0.25) is 28.0 Å². The van der Waals surface area contributed by atoms with Crippen LogP contribution in [-0.4, -0.2) is 109 Å². The second-order valence-electron chi connectivity index (χ2n) is 9.56. The Balaban J connectivity index is 1.19. The van der Waals surface area contributed by atoms with E-state index < -0.39 is 75.6 Å². The van der Waals surface area contributed by atoms with E-state index in [1.54, 1.807) is 0 Å². The van der Waals surface area contributed by atoms with Crippen molar-refractivity contribution in [3.63, 3.8) is 0 Å². The monoisotopic (exact) mass is 611 g/mol. The summed E-state index contributed by atoms with van der Waals surface area (Å²) in [6.45, 7) is -1.28. The van der Waals surface area contributed by atoms with E-state index in [9.17, 15) is 29.6 Å². The zero-order valence-corrected chi connectivity index (χ0v) is 22.2. The van der Waals surface area contributed by atoms with Gasteiger partial charge in [0.15, 0.2) is 35.1 Å². The van der Waals surface area contributed by atoms with Crippen LogP contribution in [0.4, 0.5) is 11.8 Å². The van der Waals surface area contributed by atoms with Crippen molar-refractivity contribution < 1.29 is 43.3 Å². The second-order valence-corrected chi connectivity index (χ2v) is 11.0. The van der Waals surface area contributed by atoms with Gasteiger partial charge in [0, 0.05) is 0 Å². The topological polar surface area (TPSA) is 320 Å². The maximum absolute atomic E-state index is 13.0. The quantitative estimate of drug-likeness (QED) is 0.0894. The van der Waals surface area contributed by atoms with Crippen LogP contribution in [0.5, 0.6) is 0 Å². The highest BCUT2D eigenvalue weighted by Crippen LogP contribution is 2.49. The third kappa shape index (κ3) is 4.80. The van der Waals surface area contributed by atoms with Crippen molar-refractivity contribution in [2.75, 3.05) is 24.7 Å². The number of fused-ring (bicyclic) bond motifs is 2. The van der Waals surface area contributed by atoms with Crippen LogP contribution in [0.2, 0.25) is 0 Å². The van der Waals surface area contributed by atoms with Crippen LogP contribution in [-0.2, 0) is 23.1 Å². The Labute approximate surface area is 233 Å². The van der Waals surface area contributed by atoms with Crippen molar-refractivity contribution >= 4 is 41.9 Å². The number of ether oxygens (including phenoxy) is 2. The van der Waals surface area contributed by atoms with Gasteiger partial charge >= 0.3 is 7.82 Å². The molecule has 2 aliphatic rings. The summed E-state index contributed by atoms with van der Waals surface area (Å²) in [4.78, 5) is 45.1. The average Bonchev–Trinajstić information content (AvgIpc) is 3.69. The number of hydrogen-bond acceptors (Lipinski definition) is 17. The summed E-state index contributed by atoms with van der Waals surface area (Å²) in [7, 11) is -4.98. The number of nitrogens with one attached hydrogen (secondary N) is 1. The van der Waals surface area contributed by atoms with Crippen LogP contribution in [0.3, 0.4) is 0 Å². The summed E-state index contributed by atoms with van der Waals surface area (Å²) < 4.78 is 37.5. The van der Waals surface area contributed by atoms with Crippen molar-refractivity contribution in [2.24, 2.45) is 5.73 Å². The molecule has 2 saturated heterocycles. The van der Waals surface area contributed by atoms with E-state index >= 15 is 0 Å². The number of aromatic nitrogens is 8. The van der Waals surface area contributed by atoms with Crippen molar-refractivity contribution in [2.45, 2.75) is 49.0 Å². The Morgan fingerprint density at radius 2 is 1.69 bits per heavy atom. The van der Waals surface area contributed by atoms with Crippen molar-refractivity contribution in [1.82, 2.24) is 39.0 Å². The zero-order valence-electron chi connectivity index (χ0n) is 21.3. The third-order valence-electron chi connectivity index (χ3n) is 6.96. The van der Waals surface area contributed by atoms with E-state index in [2.05, 4.69) is 29.9 Å². The number of rotatable bonds is 8. The van der Waals surface area contributed by atoms with Gasteiger partial charge in [0.05, 0.1) is 31.9 Å². The van der Waals surface area contributed by atoms with Crippen LogP contribution in [0.1, 0.15) is 12.5 Å². The number of anilines is 2. The lowest BCUT2D eigenvalue weighted by Gasteiger charge is -2.25. The van der Waals surface area contributed by atoms with E-state index in [0.29, 0.717) is 0 Å². The van der Waals surface area contributed by atoms with Gasteiger partial charge < -0.3 is 46.9 Å². The van der Waals surface area contributed by atoms with E-state index in [-0.39, 0.29) is 34.1 Å². The maximum atomic E-state index is 13.0. The van der Waals surface area contributed by atoms with Gasteiger partial charge in [-0.1, -0.05) is 0 Å². The SMILES string of the molecule is Nc1nc2c(ncn2[C@@H]2OC(CO)[C@@H](N)[C@H]2OP(=O)(O)OCC2O[C@@H](n3cnc4c(N)ncnc43)[C@H](O)[C@@H]2O)c(=O)[nH]1. The van der Waals surface area contributed by atoms with Crippen LogP contribution in [0.25, 0.3) is 22.3 Å². The van der Waals surface area contributed by atoms with E-state index in [0.717, 1.165) is 0 Å². The summed E-state index contributed by atoms with van der Waals surface area (Å²) in [5.41, 5.74) is 17.3. The smallest absolute Gasteiger partial charge is 0.394 e. The molecule has 2 aliphatic heterocycles. The van der Waals surface area contributed by atoms with Crippen LogP contribution >= 0.6 is 7.82 Å². The molecular weight excluding hydrogens is 585 g/mol. The molecule has 4 aromatic rings. The summed E-state index contributed by atoms with van der Waals surface area (Å²) >= 11 is 0. The molecule has 22 heteroatoms. The highest BCUT2D eigenvalue weighted by atomic mass is 31.2. The van der Waals surface area contributed by atoms with E-state index in [1.165, 1.54) is 28.1 Å². The number of H-pyrrole nitrogens is 1. The lowest BCUT2D eigenvalue weighted by Crippen LogP contribution is -2.42. The van der Waals surface area contributed by atoms with Crippen LogP contribution in [0.15, 0.2) is 23.8 Å². The predicted molar refractivity (Wildman–Crippen MR) is 138 cm³/mol.